The first-order valence-electron chi connectivity index (χ1n) is 6.42. The molecule has 0 atom stereocenters. The quantitative estimate of drug-likeness (QED) is 0.677. The molecule has 0 saturated heterocycles. The lowest BCUT2D eigenvalue weighted by Crippen LogP contribution is -1.99. The van der Waals surface area contributed by atoms with Crippen LogP contribution in [0.4, 0.5) is 5.69 Å². The lowest BCUT2D eigenvalue weighted by atomic mass is 10.1. The summed E-state index contributed by atoms with van der Waals surface area (Å²) in [6, 6.07) is 15.4. The molecule has 1 aromatic heterocycles. The lowest BCUT2D eigenvalue weighted by molar-refractivity contribution is 0.469. The molecule has 0 aliphatic carbocycles. The topological polar surface area (TPSA) is 60.9 Å². The minimum atomic E-state index is 0.314. The molecule has 4 nitrogen and oxygen atoms in total. The summed E-state index contributed by atoms with van der Waals surface area (Å²) in [5.41, 5.74) is 3.98. The maximum atomic E-state index is 9.71. The van der Waals surface area contributed by atoms with Crippen molar-refractivity contribution in [3.63, 3.8) is 0 Å². The van der Waals surface area contributed by atoms with Crippen LogP contribution in [0.1, 0.15) is 5.56 Å². The van der Waals surface area contributed by atoms with Crippen LogP contribution in [0, 0.1) is 0 Å². The number of aromatic amines is 1. The normalized spacial score (nSPS) is 10.4. The molecule has 0 bridgehead atoms. The van der Waals surface area contributed by atoms with Crippen molar-refractivity contribution in [2.24, 2.45) is 0 Å². The van der Waals surface area contributed by atoms with Crippen LogP contribution in [0.25, 0.3) is 11.3 Å². The summed E-state index contributed by atoms with van der Waals surface area (Å²) in [5.74, 6) is 0.314. The molecule has 100 valence electrons. The van der Waals surface area contributed by atoms with E-state index in [1.54, 1.807) is 18.6 Å². The number of hydrogen-bond acceptors (Lipinski definition) is 3. The van der Waals surface area contributed by atoms with Crippen LogP contribution in [0.5, 0.6) is 5.75 Å². The van der Waals surface area contributed by atoms with E-state index < -0.39 is 0 Å². The molecule has 3 N–H and O–H groups in total. The summed E-state index contributed by atoms with van der Waals surface area (Å²) in [6.45, 7) is 0.593. The van der Waals surface area contributed by atoms with Gasteiger partial charge in [-0.2, -0.15) is 0 Å². The molecule has 1 heterocycles. The molecule has 0 aliphatic rings. The highest BCUT2D eigenvalue weighted by atomic mass is 16.3. The van der Waals surface area contributed by atoms with E-state index in [0.29, 0.717) is 12.3 Å². The van der Waals surface area contributed by atoms with E-state index in [-0.39, 0.29) is 0 Å². The zero-order valence-corrected chi connectivity index (χ0v) is 10.9. The Morgan fingerprint density at radius 2 is 1.85 bits per heavy atom. The van der Waals surface area contributed by atoms with Gasteiger partial charge in [-0.1, -0.05) is 30.3 Å². The Bertz CT molecular complexity index is 675. The van der Waals surface area contributed by atoms with E-state index in [9.17, 15) is 5.11 Å². The second-order valence-electron chi connectivity index (χ2n) is 4.52. The van der Waals surface area contributed by atoms with E-state index in [1.807, 2.05) is 42.5 Å². The van der Waals surface area contributed by atoms with E-state index >= 15 is 0 Å². The fourth-order valence-corrected chi connectivity index (χ4v) is 2.04. The average Bonchev–Trinajstić information content (AvgIpc) is 3.01. The standard InChI is InChI=1S/C16H15N3O/c20-16-4-2-1-3-13(16)9-18-14-7-5-12(6-8-14)15-10-17-11-19-15/h1-8,10-11,18,20H,9H2,(H,17,19). The van der Waals surface area contributed by atoms with Gasteiger partial charge in [0.15, 0.2) is 0 Å². The predicted molar refractivity (Wildman–Crippen MR) is 79.5 cm³/mol. The maximum Gasteiger partial charge on any atom is 0.120 e. The van der Waals surface area contributed by atoms with Crippen LogP contribution < -0.4 is 5.32 Å². The van der Waals surface area contributed by atoms with E-state index in [2.05, 4.69) is 15.3 Å². The maximum absolute atomic E-state index is 9.71. The highest BCUT2D eigenvalue weighted by molar-refractivity contribution is 5.62. The first kappa shape index (κ1) is 12.3. The molecule has 20 heavy (non-hydrogen) atoms. The number of benzene rings is 2. The van der Waals surface area contributed by atoms with Gasteiger partial charge >= 0.3 is 0 Å². The highest BCUT2D eigenvalue weighted by Gasteiger charge is 2.01. The Morgan fingerprint density at radius 3 is 2.55 bits per heavy atom. The lowest BCUT2D eigenvalue weighted by Gasteiger charge is -2.08. The largest absolute Gasteiger partial charge is 0.508 e. The molecule has 0 fully saturated rings. The number of rotatable bonds is 4. The fraction of sp³-hybridized carbons (Fsp3) is 0.0625. The third kappa shape index (κ3) is 2.64. The van der Waals surface area contributed by atoms with Crippen LogP contribution in [-0.2, 0) is 6.54 Å². The van der Waals surface area contributed by atoms with Gasteiger partial charge in [0.05, 0.1) is 18.2 Å². The number of hydrogen-bond donors (Lipinski definition) is 3. The van der Waals surface area contributed by atoms with Gasteiger partial charge in [-0.15, -0.1) is 0 Å². The van der Waals surface area contributed by atoms with Gasteiger partial charge in [-0.05, 0) is 23.8 Å². The van der Waals surface area contributed by atoms with Crippen molar-refractivity contribution in [3.05, 3.63) is 66.6 Å². The number of nitrogens with one attached hydrogen (secondary N) is 2. The van der Waals surface area contributed by atoms with Gasteiger partial charge in [0.25, 0.3) is 0 Å². The molecule has 0 amide bonds. The number of imidazole rings is 1. The van der Waals surface area contributed by atoms with Gasteiger partial charge in [0, 0.05) is 17.8 Å². The van der Waals surface area contributed by atoms with Crippen molar-refractivity contribution in [2.45, 2.75) is 6.54 Å². The van der Waals surface area contributed by atoms with Crippen LogP contribution in [0.3, 0.4) is 0 Å². The number of aromatic nitrogens is 2. The van der Waals surface area contributed by atoms with E-state index in [4.69, 9.17) is 0 Å². The SMILES string of the molecule is Oc1ccccc1CNc1ccc(-c2cnc[nH]2)cc1. The highest BCUT2D eigenvalue weighted by Crippen LogP contribution is 2.21. The van der Waals surface area contributed by atoms with Crippen LogP contribution in [-0.4, -0.2) is 15.1 Å². The minimum Gasteiger partial charge on any atom is -0.508 e. The van der Waals surface area contributed by atoms with E-state index in [1.165, 1.54) is 0 Å². The molecule has 0 radical (unpaired) electrons. The molecule has 2 aromatic carbocycles. The number of phenolic OH excluding ortho intramolecular Hbond substituents is 1. The van der Waals surface area contributed by atoms with Gasteiger partial charge in [-0.3, -0.25) is 0 Å². The van der Waals surface area contributed by atoms with Crippen molar-refractivity contribution < 1.29 is 5.11 Å². The van der Waals surface area contributed by atoms with Gasteiger partial charge in [-0.25, -0.2) is 4.98 Å². The Morgan fingerprint density at radius 1 is 1.05 bits per heavy atom. The smallest absolute Gasteiger partial charge is 0.120 e. The minimum absolute atomic E-state index is 0.314. The molecular weight excluding hydrogens is 250 g/mol. The van der Waals surface area contributed by atoms with Crippen molar-refractivity contribution in [2.75, 3.05) is 5.32 Å². The molecule has 0 unspecified atom stereocenters. The second-order valence-corrected chi connectivity index (χ2v) is 4.52. The molecule has 0 saturated carbocycles. The van der Waals surface area contributed by atoms with E-state index in [0.717, 1.165) is 22.5 Å². The number of para-hydroxylation sites is 1. The summed E-state index contributed by atoms with van der Waals surface area (Å²) < 4.78 is 0. The number of anilines is 1. The number of aromatic hydroxyl groups is 1. The molecular formula is C16H15N3O. The first-order chi connectivity index (χ1) is 9.83. The average molecular weight is 265 g/mol. The third-order valence-corrected chi connectivity index (χ3v) is 3.17. The molecule has 0 spiro atoms. The zero-order valence-electron chi connectivity index (χ0n) is 10.9. The Balaban J connectivity index is 1.68. The van der Waals surface area contributed by atoms with Gasteiger partial charge in [0.1, 0.15) is 5.75 Å². The Kier molecular flexibility index (Phi) is 3.37. The van der Waals surface area contributed by atoms with Gasteiger partial charge in [0.2, 0.25) is 0 Å². The third-order valence-electron chi connectivity index (χ3n) is 3.17. The Labute approximate surface area is 117 Å². The molecule has 4 heteroatoms. The van der Waals surface area contributed by atoms with Crippen LogP contribution in [0.2, 0.25) is 0 Å². The van der Waals surface area contributed by atoms with Gasteiger partial charge < -0.3 is 15.4 Å². The number of H-pyrrole nitrogens is 1. The predicted octanol–water partition coefficient (Wildman–Crippen LogP) is 3.39. The summed E-state index contributed by atoms with van der Waals surface area (Å²) in [4.78, 5) is 7.08. The monoisotopic (exact) mass is 265 g/mol. The second kappa shape index (κ2) is 5.48. The van der Waals surface area contributed by atoms with Crippen molar-refractivity contribution in [1.82, 2.24) is 9.97 Å². The van der Waals surface area contributed by atoms with Crippen molar-refractivity contribution in [1.29, 1.82) is 0 Å². The molecule has 3 rings (SSSR count). The zero-order chi connectivity index (χ0) is 13.8. The summed E-state index contributed by atoms with van der Waals surface area (Å²) in [6.07, 6.45) is 3.46. The Hall–Kier alpha value is -2.75. The molecule has 0 aliphatic heterocycles. The summed E-state index contributed by atoms with van der Waals surface area (Å²) >= 11 is 0. The van der Waals surface area contributed by atoms with Crippen molar-refractivity contribution >= 4 is 5.69 Å². The van der Waals surface area contributed by atoms with Crippen LogP contribution in [0.15, 0.2) is 61.1 Å². The van der Waals surface area contributed by atoms with Crippen molar-refractivity contribution in [3.8, 4) is 17.0 Å². The summed E-state index contributed by atoms with van der Waals surface area (Å²) in [7, 11) is 0. The first-order valence-corrected chi connectivity index (χ1v) is 6.42. The molecule has 3 aromatic rings. The summed E-state index contributed by atoms with van der Waals surface area (Å²) in [5, 5.41) is 13.0. The number of phenols is 1. The van der Waals surface area contributed by atoms with Crippen LogP contribution >= 0.6 is 0 Å². The fourth-order valence-electron chi connectivity index (χ4n) is 2.04. The number of nitrogens with zero attached hydrogens (tertiary/aromatic N) is 1.